The van der Waals surface area contributed by atoms with Gasteiger partial charge in [-0.3, -0.25) is 4.79 Å². The van der Waals surface area contributed by atoms with Crippen molar-refractivity contribution in [3.8, 4) is 11.4 Å². The summed E-state index contributed by atoms with van der Waals surface area (Å²) >= 11 is 1.47. The van der Waals surface area contributed by atoms with Crippen molar-refractivity contribution in [1.82, 2.24) is 20.1 Å². The van der Waals surface area contributed by atoms with Gasteiger partial charge in [0.15, 0.2) is 11.0 Å². The fourth-order valence-electron chi connectivity index (χ4n) is 3.83. The van der Waals surface area contributed by atoms with Gasteiger partial charge in [0.2, 0.25) is 5.91 Å². The van der Waals surface area contributed by atoms with E-state index in [0.29, 0.717) is 12.0 Å². The first-order chi connectivity index (χ1) is 13.7. The number of benzene rings is 1. The molecule has 5 nitrogen and oxygen atoms in total. The van der Waals surface area contributed by atoms with Gasteiger partial charge in [-0.25, -0.2) is 0 Å². The van der Waals surface area contributed by atoms with Crippen molar-refractivity contribution in [2.45, 2.75) is 82.2 Å². The van der Waals surface area contributed by atoms with Gasteiger partial charge in [0.05, 0.1) is 5.25 Å². The molecule has 0 unspecified atom stereocenters. The quantitative estimate of drug-likeness (QED) is 0.703. The number of nitrogens with one attached hydrogen (secondary N) is 1. The first-order valence-electron chi connectivity index (χ1n) is 10.6. The molecule has 1 aliphatic carbocycles. The zero-order chi connectivity index (χ0) is 21.2. The topological polar surface area (TPSA) is 59.8 Å². The summed E-state index contributed by atoms with van der Waals surface area (Å²) in [6.45, 7) is 10.8. The summed E-state index contributed by atoms with van der Waals surface area (Å²) < 4.78 is 1.98. The normalized spacial score (nSPS) is 21.0. The van der Waals surface area contributed by atoms with E-state index in [4.69, 9.17) is 0 Å². The second-order valence-corrected chi connectivity index (χ2v) is 10.6. The highest BCUT2D eigenvalue weighted by Gasteiger charge is 2.26. The molecule has 3 atom stereocenters. The summed E-state index contributed by atoms with van der Waals surface area (Å²) in [5.74, 6) is 1.47. The van der Waals surface area contributed by atoms with Gasteiger partial charge < -0.3 is 9.88 Å². The summed E-state index contributed by atoms with van der Waals surface area (Å²) in [4.78, 5) is 12.7. The zero-order valence-electron chi connectivity index (χ0n) is 18.5. The predicted molar refractivity (Wildman–Crippen MR) is 120 cm³/mol. The second-order valence-electron chi connectivity index (χ2n) is 9.33. The van der Waals surface area contributed by atoms with Crippen LogP contribution in [0.2, 0.25) is 0 Å². The number of nitrogens with zero attached hydrogens (tertiary/aromatic N) is 3. The van der Waals surface area contributed by atoms with Gasteiger partial charge in [-0.2, -0.15) is 0 Å². The molecule has 1 aliphatic rings. The molecule has 1 fully saturated rings. The Labute approximate surface area is 179 Å². The number of hydrogen-bond donors (Lipinski definition) is 1. The van der Waals surface area contributed by atoms with E-state index in [1.165, 1.54) is 36.6 Å². The van der Waals surface area contributed by atoms with Gasteiger partial charge in [0, 0.05) is 18.7 Å². The molecule has 1 aromatic carbocycles. The van der Waals surface area contributed by atoms with Gasteiger partial charge in [-0.1, -0.05) is 76.6 Å². The lowest BCUT2D eigenvalue weighted by atomic mass is 9.86. The average molecular weight is 415 g/mol. The highest BCUT2D eigenvalue weighted by Crippen LogP contribution is 2.29. The third-order valence-corrected chi connectivity index (χ3v) is 7.07. The van der Waals surface area contributed by atoms with Crippen LogP contribution < -0.4 is 5.32 Å². The van der Waals surface area contributed by atoms with E-state index in [2.05, 4.69) is 67.5 Å². The maximum Gasteiger partial charge on any atom is 0.233 e. The van der Waals surface area contributed by atoms with Crippen LogP contribution >= 0.6 is 11.8 Å². The minimum Gasteiger partial charge on any atom is -0.352 e. The lowest BCUT2D eigenvalue weighted by molar-refractivity contribution is -0.121. The highest BCUT2D eigenvalue weighted by molar-refractivity contribution is 8.00. The molecule has 0 aliphatic heterocycles. The largest absolute Gasteiger partial charge is 0.352 e. The third-order valence-electron chi connectivity index (χ3n) is 5.93. The number of amides is 1. The van der Waals surface area contributed by atoms with Crippen molar-refractivity contribution in [2.24, 2.45) is 13.0 Å². The molecule has 1 heterocycles. The average Bonchev–Trinajstić information content (AvgIpc) is 3.03. The standard InChI is InChI=1S/C23H34N4OS/c1-15-9-7-8-10-19(15)24-21(28)16(2)29-22-26-25-20(27(22)6)17-11-13-18(14-12-17)23(3,4)5/h11-16,19H,7-10H2,1-6H3,(H,24,28)/t15-,16+,19-/m0/s1. The minimum atomic E-state index is -0.205. The number of carbonyl (C=O) groups is 1. The van der Waals surface area contributed by atoms with Crippen LogP contribution in [0.15, 0.2) is 29.4 Å². The number of carbonyl (C=O) groups excluding carboxylic acids is 1. The second kappa shape index (κ2) is 8.90. The smallest absolute Gasteiger partial charge is 0.233 e. The Kier molecular flexibility index (Phi) is 6.72. The Morgan fingerprint density at radius 1 is 1.17 bits per heavy atom. The van der Waals surface area contributed by atoms with E-state index in [9.17, 15) is 4.79 Å². The molecule has 6 heteroatoms. The highest BCUT2D eigenvalue weighted by atomic mass is 32.2. The summed E-state index contributed by atoms with van der Waals surface area (Å²) in [6.07, 6.45) is 4.77. The Balaban J connectivity index is 1.66. The van der Waals surface area contributed by atoms with Crippen molar-refractivity contribution >= 4 is 17.7 Å². The van der Waals surface area contributed by atoms with Gasteiger partial charge in [-0.15, -0.1) is 10.2 Å². The van der Waals surface area contributed by atoms with Crippen molar-refractivity contribution in [2.75, 3.05) is 0 Å². The molecular formula is C23H34N4OS. The molecule has 0 spiro atoms. The lowest BCUT2D eigenvalue weighted by Crippen LogP contribution is -2.44. The number of aromatic nitrogens is 3. The first kappa shape index (κ1) is 21.9. The van der Waals surface area contributed by atoms with Crippen LogP contribution in [0, 0.1) is 5.92 Å². The fourth-order valence-corrected chi connectivity index (χ4v) is 4.65. The van der Waals surface area contributed by atoms with Crippen LogP contribution in [0.25, 0.3) is 11.4 Å². The van der Waals surface area contributed by atoms with Crippen molar-refractivity contribution in [3.05, 3.63) is 29.8 Å². The van der Waals surface area contributed by atoms with Crippen LogP contribution in [0.5, 0.6) is 0 Å². The van der Waals surface area contributed by atoms with Crippen molar-refractivity contribution in [1.29, 1.82) is 0 Å². The van der Waals surface area contributed by atoms with E-state index >= 15 is 0 Å². The number of thioether (sulfide) groups is 1. The Morgan fingerprint density at radius 2 is 1.83 bits per heavy atom. The Morgan fingerprint density at radius 3 is 2.45 bits per heavy atom. The van der Waals surface area contributed by atoms with Gasteiger partial charge in [0.1, 0.15) is 0 Å². The van der Waals surface area contributed by atoms with Gasteiger partial charge in [-0.05, 0) is 36.7 Å². The summed E-state index contributed by atoms with van der Waals surface area (Å²) in [5, 5.41) is 12.5. The SMILES string of the molecule is C[C@@H](Sc1nnc(-c2ccc(C(C)(C)C)cc2)n1C)C(=O)N[C@H]1CCCC[C@@H]1C. The molecule has 158 valence electrons. The first-order valence-corrected chi connectivity index (χ1v) is 11.5. The molecule has 0 radical (unpaired) electrons. The molecule has 0 bridgehead atoms. The van der Waals surface area contributed by atoms with Crippen molar-refractivity contribution in [3.63, 3.8) is 0 Å². The van der Waals surface area contributed by atoms with Crippen molar-refractivity contribution < 1.29 is 4.79 Å². The van der Waals surface area contributed by atoms with E-state index in [1.54, 1.807) is 0 Å². The molecule has 3 rings (SSSR count). The van der Waals surface area contributed by atoms with Crippen LogP contribution in [-0.2, 0) is 17.3 Å². The van der Waals surface area contributed by atoms with E-state index in [1.807, 2.05) is 18.5 Å². The van der Waals surface area contributed by atoms with Gasteiger partial charge >= 0.3 is 0 Å². The Bertz CT molecular complexity index is 838. The number of rotatable bonds is 5. The lowest BCUT2D eigenvalue weighted by Gasteiger charge is -2.30. The summed E-state index contributed by atoms with van der Waals surface area (Å²) in [6, 6.07) is 8.80. The Hall–Kier alpha value is -1.82. The molecule has 29 heavy (non-hydrogen) atoms. The maximum atomic E-state index is 12.7. The third kappa shape index (κ3) is 5.21. The fraction of sp³-hybridized carbons (Fsp3) is 0.609. The number of hydrogen-bond acceptors (Lipinski definition) is 4. The molecule has 1 N–H and O–H groups in total. The van der Waals surface area contributed by atoms with Gasteiger partial charge in [0.25, 0.3) is 0 Å². The van der Waals surface area contributed by atoms with Crippen LogP contribution in [0.4, 0.5) is 0 Å². The minimum absolute atomic E-state index is 0.0906. The maximum absolute atomic E-state index is 12.7. The van der Waals surface area contributed by atoms with Crippen LogP contribution in [0.3, 0.4) is 0 Å². The van der Waals surface area contributed by atoms with Crippen LogP contribution in [0.1, 0.15) is 65.9 Å². The van der Waals surface area contributed by atoms with E-state index in [-0.39, 0.29) is 16.6 Å². The monoisotopic (exact) mass is 414 g/mol. The summed E-state index contributed by atoms with van der Waals surface area (Å²) in [7, 11) is 1.96. The summed E-state index contributed by atoms with van der Waals surface area (Å²) in [5.41, 5.74) is 2.45. The molecule has 0 saturated heterocycles. The van der Waals surface area contributed by atoms with Crippen LogP contribution in [-0.4, -0.2) is 32.0 Å². The van der Waals surface area contributed by atoms with E-state index < -0.39 is 0 Å². The molecule has 1 amide bonds. The van der Waals surface area contributed by atoms with E-state index in [0.717, 1.165) is 23.0 Å². The predicted octanol–water partition coefficient (Wildman–Crippen LogP) is 4.96. The molecule has 1 aromatic heterocycles. The molecule has 2 aromatic rings. The molecule has 1 saturated carbocycles. The molecular weight excluding hydrogens is 380 g/mol. The zero-order valence-corrected chi connectivity index (χ0v) is 19.3.